The highest BCUT2D eigenvalue weighted by Crippen LogP contribution is 2.76. The number of nitrogens with zero attached hydrogens (tertiary/aromatic N) is 1. The van der Waals surface area contributed by atoms with Crippen molar-refractivity contribution in [2.45, 2.75) is 68.8 Å². The number of likely N-dealkylation sites (N-methyl/N-ethyl adjacent to an activating group) is 1. The van der Waals surface area contributed by atoms with E-state index in [-0.39, 0.29) is 22.5 Å². The van der Waals surface area contributed by atoms with Crippen molar-refractivity contribution in [1.29, 1.82) is 0 Å². The number of piperidine rings is 1. The van der Waals surface area contributed by atoms with E-state index in [1.165, 1.54) is 41.7 Å². The molecule has 2 spiro atoms. The van der Waals surface area contributed by atoms with Gasteiger partial charge in [-0.05, 0) is 69.3 Å². The van der Waals surface area contributed by atoms with Gasteiger partial charge in [0.05, 0.1) is 13.2 Å². The van der Waals surface area contributed by atoms with E-state index < -0.39 is 0 Å². The van der Waals surface area contributed by atoms with Gasteiger partial charge in [-0.3, -0.25) is 0 Å². The fourth-order valence-electron chi connectivity index (χ4n) is 9.07. The number of aryl methyl sites for hydroxylation is 1. The Kier molecular flexibility index (Phi) is 4.25. The minimum Gasteiger partial charge on any atom is -0.486 e. The van der Waals surface area contributed by atoms with Gasteiger partial charge < -0.3 is 19.1 Å². The van der Waals surface area contributed by atoms with Gasteiger partial charge >= 0.3 is 0 Å². The minimum absolute atomic E-state index is 0.0866. The maximum absolute atomic E-state index is 7.06. The van der Waals surface area contributed by atoms with Crippen LogP contribution in [-0.2, 0) is 27.9 Å². The Morgan fingerprint density at radius 2 is 1.94 bits per heavy atom. The maximum Gasteiger partial charge on any atom is 0.138 e. The van der Waals surface area contributed by atoms with E-state index in [1.807, 2.05) is 7.11 Å². The van der Waals surface area contributed by atoms with Gasteiger partial charge in [-0.15, -0.1) is 0 Å². The van der Waals surface area contributed by atoms with Crippen LogP contribution in [0.25, 0.3) is 0 Å². The van der Waals surface area contributed by atoms with Crippen LogP contribution in [0.15, 0.2) is 42.5 Å². The molecule has 0 aromatic heterocycles. The number of ether oxygens (including phenoxy) is 3. The fourth-order valence-corrected chi connectivity index (χ4v) is 9.07. The summed E-state index contributed by atoms with van der Waals surface area (Å²) in [5.41, 5.74) is 5.66. The van der Waals surface area contributed by atoms with Crippen LogP contribution >= 0.6 is 0 Å². The van der Waals surface area contributed by atoms with Crippen LogP contribution in [0, 0.1) is 18.3 Å². The fraction of sp³-hybridized carbons (Fsp3) is 0.586. The molecule has 3 saturated carbocycles. The summed E-state index contributed by atoms with van der Waals surface area (Å²) in [5.74, 6) is 1.53. The van der Waals surface area contributed by atoms with Crippen LogP contribution < -0.4 is 4.74 Å². The third kappa shape index (κ3) is 2.33. The Morgan fingerprint density at radius 3 is 2.76 bits per heavy atom. The van der Waals surface area contributed by atoms with Crippen LogP contribution in [0.4, 0.5) is 0 Å². The first kappa shape index (κ1) is 20.5. The van der Waals surface area contributed by atoms with E-state index in [1.54, 1.807) is 5.56 Å². The smallest absolute Gasteiger partial charge is 0.138 e. The highest BCUT2D eigenvalue weighted by Gasteiger charge is 2.80. The number of hydrogen-bond acceptors (Lipinski definition) is 4. The van der Waals surface area contributed by atoms with Crippen LogP contribution in [-0.4, -0.2) is 50.0 Å². The van der Waals surface area contributed by atoms with Crippen LogP contribution in [0.5, 0.6) is 5.75 Å². The van der Waals surface area contributed by atoms with E-state index in [4.69, 9.17) is 14.2 Å². The quantitative estimate of drug-likeness (QED) is 0.670. The predicted molar refractivity (Wildman–Crippen MR) is 128 cm³/mol. The molecule has 2 aromatic carbocycles. The number of likely N-dealkylation sites (tertiary alicyclic amines) is 1. The number of rotatable bonds is 5. The molecule has 2 aromatic rings. The Balaban J connectivity index is 1.32. The normalized spacial score (nSPS) is 39.9. The van der Waals surface area contributed by atoms with Crippen molar-refractivity contribution in [2.24, 2.45) is 11.3 Å². The second-order valence-electron chi connectivity index (χ2n) is 11.4. The van der Waals surface area contributed by atoms with Crippen molar-refractivity contribution >= 4 is 0 Å². The van der Waals surface area contributed by atoms with E-state index in [0.717, 1.165) is 26.0 Å². The SMILES string of the molecule is CO[C@]12CC[C@@]3(C[C@@H]1COCc1ccccc1)[C@H]1Cc4ccc(C)c5c4[C@@]3(CCN1C)[C@H]2O5. The second-order valence-corrected chi connectivity index (χ2v) is 11.4. The average Bonchev–Trinajstić information content (AvgIpc) is 3.21. The zero-order valence-electron chi connectivity index (χ0n) is 20.1. The second kappa shape index (κ2) is 6.84. The molecule has 4 aliphatic carbocycles. The molecule has 8 rings (SSSR count). The first-order chi connectivity index (χ1) is 16.1. The van der Waals surface area contributed by atoms with Crippen molar-refractivity contribution in [3.05, 3.63) is 64.7 Å². The monoisotopic (exact) mass is 445 g/mol. The molecule has 174 valence electrons. The standard InChI is InChI=1S/C29H35NO3/c1-19-9-10-21-15-23-27-11-12-29(31-3,22(16-27)18-32-17-20-7-5-4-6-8-20)26-28(27,13-14-30(23)2)24(21)25(19)33-26/h4-10,22-23,26H,11-18H2,1-3H3/t22-,23-,26-,27-,28+,29-/m1/s1. The van der Waals surface area contributed by atoms with E-state index in [0.29, 0.717) is 18.6 Å². The van der Waals surface area contributed by atoms with Gasteiger partial charge in [0.2, 0.25) is 0 Å². The third-order valence-corrected chi connectivity index (χ3v) is 10.4. The third-order valence-electron chi connectivity index (χ3n) is 10.4. The molecule has 33 heavy (non-hydrogen) atoms. The number of fused-ring (bicyclic) bond motifs is 2. The van der Waals surface area contributed by atoms with E-state index in [2.05, 4.69) is 61.3 Å². The molecule has 0 radical (unpaired) electrons. The van der Waals surface area contributed by atoms with Gasteiger partial charge in [0.25, 0.3) is 0 Å². The Labute approximate surface area is 197 Å². The van der Waals surface area contributed by atoms with Crippen molar-refractivity contribution in [2.75, 3.05) is 27.3 Å². The predicted octanol–water partition coefficient (Wildman–Crippen LogP) is 4.66. The van der Waals surface area contributed by atoms with Gasteiger partial charge in [-0.2, -0.15) is 0 Å². The summed E-state index contributed by atoms with van der Waals surface area (Å²) >= 11 is 0. The van der Waals surface area contributed by atoms with Gasteiger partial charge in [0, 0.05) is 35.5 Å². The minimum atomic E-state index is -0.279. The molecule has 6 atom stereocenters. The highest BCUT2D eigenvalue weighted by atomic mass is 16.6. The molecule has 0 amide bonds. The summed E-state index contributed by atoms with van der Waals surface area (Å²) in [6.07, 6.45) is 5.90. The maximum atomic E-state index is 7.06. The summed E-state index contributed by atoms with van der Waals surface area (Å²) in [4.78, 5) is 2.66. The topological polar surface area (TPSA) is 30.9 Å². The summed E-state index contributed by atoms with van der Waals surface area (Å²) < 4.78 is 20.0. The van der Waals surface area contributed by atoms with Gasteiger partial charge in [-0.1, -0.05) is 42.5 Å². The van der Waals surface area contributed by atoms with E-state index in [9.17, 15) is 0 Å². The van der Waals surface area contributed by atoms with Crippen LogP contribution in [0.2, 0.25) is 0 Å². The van der Waals surface area contributed by atoms with Crippen molar-refractivity contribution in [3.63, 3.8) is 0 Å². The first-order valence-corrected chi connectivity index (χ1v) is 12.7. The van der Waals surface area contributed by atoms with Crippen LogP contribution in [0.3, 0.4) is 0 Å². The molecule has 0 unspecified atom stereocenters. The lowest BCUT2D eigenvalue weighted by Gasteiger charge is -2.73. The van der Waals surface area contributed by atoms with Crippen LogP contribution in [0.1, 0.15) is 47.9 Å². The van der Waals surface area contributed by atoms with Gasteiger partial charge in [0.1, 0.15) is 17.5 Å². The molecule has 6 aliphatic rings. The molecule has 4 nitrogen and oxygen atoms in total. The molecular formula is C29H35NO3. The highest BCUT2D eigenvalue weighted by molar-refractivity contribution is 5.61. The van der Waals surface area contributed by atoms with E-state index >= 15 is 0 Å². The average molecular weight is 446 g/mol. The number of hydrogen-bond donors (Lipinski definition) is 0. The molecule has 1 saturated heterocycles. The molecule has 4 fully saturated rings. The summed E-state index contributed by atoms with van der Waals surface area (Å²) in [6, 6.07) is 15.8. The molecule has 4 heteroatoms. The lowest BCUT2D eigenvalue weighted by molar-refractivity contribution is -0.282. The Bertz CT molecular complexity index is 1100. The molecule has 4 bridgehead atoms. The number of methoxy groups -OCH3 is 1. The summed E-state index contributed by atoms with van der Waals surface area (Å²) in [7, 11) is 4.28. The molecular weight excluding hydrogens is 410 g/mol. The number of benzene rings is 2. The molecule has 0 N–H and O–H groups in total. The Morgan fingerprint density at radius 1 is 1.09 bits per heavy atom. The van der Waals surface area contributed by atoms with Gasteiger partial charge in [-0.25, -0.2) is 0 Å². The van der Waals surface area contributed by atoms with Crippen molar-refractivity contribution in [3.8, 4) is 5.75 Å². The molecule has 2 aliphatic heterocycles. The molecule has 2 heterocycles. The summed E-state index contributed by atoms with van der Waals surface area (Å²) in [6.45, 7) is 4.76. The lowest BCUT2D eigenvalue weighted by atomic mass is 9.35. The summed E-state index contributed by atoms with van der Waals surface area (Å²) in [5, 5.41) is 0. The lowest BCUT2D eigenvalue weighted by Crippen LogP contribution is -2.81. The largest absolute Gasteiger partial charge is 0.486 e. The van der Waals surface area contributed by atoms with Gasteiger partial charge in [0.15, 0.2) is 0 Å². The zero-order valence-corrected chi connectivity index (χ0v) is 20.1. The Hall–Kier alpha value is -1.88. The zero-order chi connectivity index (χ0) is 22.4. The first-order valence-electron chi connectivity index (χ1n) is 12.7. The van der Waals surface area contributed by atoms with Crippen molar-refractivity contribution in [1.82, 2.24) is 4.90 Å². The van der Waals surface area contributed by atoms with Crippen molar-refractivity contribution < 1.29 is 14.2 Å².